The van der Waals surface area contributed by atoms with Gasteiger partial charge in [0.15, 0.2) is 6.10 Å². The van der Waals surface area contributed by atoms with Crippen molar-refractivity contribution in [2.75, 3.05) is 0 Å². The first-order chi connectivity index (χ1) is 8.52. The van der Waals surface area contributed by atoms with E-state index in [1.165, 1.54) is 0 Å². The molecule has 2 atom stereocenters. The highest BCUT2D eigenvalue weighted by atomic mass is 16.5. The van der Waals surface area contributed by atoms with Gasteiger partial charge in [0.25, 0.3) is 0 Å². The summed E-state index contributed by atoms with van der Waals surface area (Å²) in [6.07, 6.45) is 1.11. The molecule has 0 fully saturated rings. The van der Waals surface area contributed by atoms with E-state index in [4.69, 9.17) is 9.84 Å². The van der Waals surface area contributed by atoms with Crippen molar-refractivity contribution in [2.24, 2.45) is 0 Å². The van der Waals surface area contributed by atoms with Crippen molar-refractivity contribution in [1.82, 2.24) is 0 Å². The lowest BCUT2D eigenvalue weighted by atomic mass is 10.1. The summed E-state index contributed by atoms with van der Waals surface area (Å²) in [5.74, 6) is -0.834. The minimum Gasteiger partial charge on any atom is -0.508 e. The van der Waals surface area contributed by atoms with Crippen molar-refractivity contribution in [3.63, 3.8) is 0 Å². The van der Waals surface area contributed by atoms with E-state index in [-0.39, 0.29) is 18.3 Å². The van der Waals surface area contributed by atoms with Gasteiger partial charge < -0.3 is 14.9 Å². The largest absolute Gasteiger partial charge is 0.508 e. The van der Waals surface area contributed by atoms with Crippen LogP contribution in [0.4, 0.5) is 0 Å². The van der Waals surface area contributed by atoms with Crippen LogP contribution in [-0.4, -0.2) is 28.4 Å². The van der Waals surface area contributed by atoms with Gasteiger partial charge in [-0.15, -0.1) is 0 Å². The van der Waals surface area contributed by atoms with Gasteiger partial charge in [0.2, 0.25) is 0 Å². The van der Waals surface area contributed by atoms with Gasteiger partial charge in [-0.2, -0.15) is 0 Å². The van der Waals surface area contributed by atoms with E-state index in [9.17, 15) is 9.90 Å². The third-order valence-electron chi connectivity index (χ3n) is 2.70. The quantitative estimate of drug-likeness (QED) is 0.782. The summed E-state index contributed by atoms with van der Waals surface area (Å²) in [5.41, 5.74) is 0.756. The molecular weight excluding hydrogens is 232 g/mol. The fraction of sp³-hybridized carbons (Fsp3) is 0.500. The number of benzene rings is 1. The molecule has 0 spiro atoms. The normalized spacial score (nSPS) is 14.1. The number of phenolic OH excluding ortho intramolecular Hbond substituents is 1. The molecule has 4 heteroatoms. The van der Waals surface area contributed by atoms with Crippen LogP contribution in [-0.2, 0) is 16.0 Å². The summed E-state index contributed by atoms with van der Waals surface area (Å²) in [4.78, 5) is 11.1. The maximum absolute atomic E-state index is 11.1. The Hall–Kier alpha value is -1.55. The second kappa shape index (κ2) is 7.01. The number of aliphatic carboxylic acids is 1. The lowest BCUT2D eigenvalue weighted by Gasteiger charge is -2.19. The van der Waals surface area contributed by atoms with E-state index in [1.807, 2.05) is 13.8 Å². The van der Waals surface area contributed by atoms with Gasteiger partial charge in [-0.3, -0.25) is 0 Å². The molecule has 0 aliphatic rings. The van der Waals surface area contributed by atoms with Gasteiger partial charge in [0.05, 0.1) is 6.10 Å². The summed E-state index contributed by atoms with van der Waals surface area (Å²) < 4.78 is 5.51. The Labute approximate surface area is 107 Å². The summed E-state index contributed by atoms with van der Waals surface area (Å²) in [7, 11) is 0. The Balaban J connectivity index is 2.66. The van der Waals surface area contributed by atoms with E-state index in [2.05, 4.69) is 0 Å². The lowest BCUT2D eigenvalue weighted by molar-refractivity contribution is -0.153. The van der Waals surface area contributed by atoms with E-state index < -0.39 is 12.1 Å². The van der Waals surface area contributed by atoms with Crippen LogP contribution in [0, 0.1) is 0 Å². The van der Waals surface area contributed by atoms with Crippen LogP contribution in [0.25, 0.3) is 0 Å². The number of carboxylic acid groups (broad SMARTS) is 1. The molecule has 0 radical (unpaired) electrons. The van der Waals surface area contributed by atoms with Gasteiger partial charge in [-0.05, 0) is 31.0 Å². The zero-order valence-electron chi connectivity index (χ0n) is 10.8. The zero-order valence-corrected chi connectivity index (χ0v) is 10.8. The molecule has 4 nitrogen and oxygen atoms in total. The van der Waals surface area contributed by atoms with Gasteiger partial charge in [-0.25, -0.2) is 4.79 Å². The van der Waals surface area contributed by atoms with Crippen molar-refractivity contribution < 1.29 is 19.7 Å². The molecule has 0 aromatic heterocycles. The highest BCUT2D eigenvalue weighted by Crippen LogP contribution is 2.15. The zero-order chi connectivity index (χ0) is 13.5. The highest BCUT2D eigenvalue weighted by molar-refractivity contribution is 5.72. The molecular formula is C14H20O4. The van der Waals surface area contributed by atoms with Crippen LogP contribution in [0.2, 0.25) is 0 Å². The molecule has 100 valence electrons. The maximum atomic E-state index is 11.1. The predicted octanol–water partition coefficient (Wildman–Crippen LogP) is 2.59. The average Bonchev–Trinajstić information content (AvgIpc) is 2.28. The number of hydrogen-bond donors (Lipinski definition) is 2. The summed E-state index contributed by atoms with van der Waals surface area (Å²) >= 11 is 0. The molecule has 0 bridgehead atoms. The molecule has 2 N–H and O–H groups in total. The number of carbonyl (C=O) groups is 1. The van der Waals surface area contributed by atoms with Crippen LogP contribution in [0.1, 0.15) is 32.3 Å². The SMILES string of the molecule is CCCC(C)O[C@@H](Cc1cccc(O)c1)C(=O)O. The van der Waals surface area contributed by atoms with Gasteiger partial charge in [0.1, 0.15) is 5.75 Å². The standard InChI is InChI=1S/C14H20O4/c1-3-5-10(2)18-13(14(16)17)9-11-6-4-7-12(15)8-11/h4,6-8,10,13,15H,3,5,9H2,1-2H3,(H,16,17)/t10?,13-/m0/s1. The number of rotatable bonds is 7. The van der Waals surface area contributed by atoms with E-state index in [1.54, 1.807) is 24.3 Å². The number of carboxylic acids is 1. The molecule has 1 aromatic rings. The first-order valence-electron chi connectivity index (χ1n) is 6.19. The third kappa shape index (κ3) is 4.75. The molecule has 18 heavy (non-hydrogen) atoms. The predicted molar refractivity (Wildman–Crippen MR) is 68.7 cm³/mol. The first kappa shape index (κ1) is 14.5. The van der Waals surface area contributed by atoms with Crippen molar-refractivity contribution in [1.29, 1.82) is 0 Å². The fourth-order valence-electron chi connectivity index (χ4n) is 1.85. The molecule has 0 aliphatic heterocycles. The number of hydrogen-bond acceptors (Lipinski definition) is 3. The fourth-order valence-corrected chi connectivity index (χ4v) is 1.85. The third-order valence-corrected chi connectivity index (χ3v) is 2.70. The van der Waals surface area contributed by atoms with Crippen LogP contribution in [0.3, 0.4) is 0 Å². The molecule has 0 saturated carbocycles. The minimum atomic E-state index is -0.971. The minimum absolute atomic E-state index is 0.0755. The van der Waals surface area contributed by atoms with Crippen LogP contribution in [0.15, 0.2) is 24.3 Å². The topological polar surface area (TPSA) is 66.8 Å². The second-order valence-corrected chi connectivity index (χ2v) is 4.44. The molecule has 1 aromatic carbocycles. The number of ether oxygens (including phenoxy) is 1. The van der Waals surface area contributed by atoms with E-state index in [0.29, 0.717) is 0 Å². The number of phenols is 1. The van der Waals surface area contributed by atoms with Gasteiger partial charge in [-0.1, -0.05) is 25.5 Å². The van der Waals surface area contributed by atoms with Gasteiger partial charge >= 0.3 is 5.97 Å². The summed E-state index contributed by atoms with van der Waals surface area (Å²) in [6.45, 7) is 3.91. The van der Waals surface area contributed by atoms with Crippen LogP contribution in [0.5, 0.6) is 5.75 Å². The average molecular weight is 252 g/mol. The molecule has 0 aliphatic carbocycles. The molecule has 0 saturated heterocycles. The monoisotopic (exact) mass is 252 g/mol. The smallest absolute Gasteiger partial charge is 0.333 e. The van der Waals surface area contributed by atoms with Crippen molar-refractivity contribution >= 4 is 5.97 Å². The van der Waals surface area contributed by atoms with E-state index >= 15 is 0 Å². The maximum Gasteiger partial charge on any atom is 0.333 e. The van der Waals surface area contributed by atoms with Crippen LogP contribution < -0.4 is 0 Å². The summed E-state index contributed by atoms with van der Waals surface area (Å²) in [5, 5.41) is 18.5. The Morgan fingerprint density at radius 2 is 2.17 bits per heavy atom. The molecule has 1 unspecified atom stereocenters. The van der Waals surface area contributed by atoms with Gasteiger partial charge in [0, 0.05) is 6.42 Å². The van der Waals surface area contributed by atoms with Crippen LogP contribution >= 0.6 is 0 Å². The van der Waals surface area contributed by atoms with Crippen molar-refractivity contribution in [3.05, 3.63) is 29.8 Å². The highest BCUT2D eigenvalue weighted by Gasteiger charge is 2.21. The van der Waals surface area contributed by atoms with Crippen molar-refractivity contribution in [2.45, 2.75) is 45.3 Å². The van der Waals surface area contributed by atoms with Crippen molar-refractivity contribution in [3.8, 4) is 5.75 Å². The second-order valence-electron chi connectivity index (χ2n) is 4.44. The molecule has 0 amide bonds. The first-order valence-corrected chi connectivity index (χ1v) is 6.19. The molecule has 0 heterocycles. The van der Waals surface area contributed by atoms with E-state index in [0.717, 1.165) is 18.4 Å². The Morgan fingerprint density at radius 1 is 1.44 bits per heavy atom. The Kier molecular flexibility index (Phi) is 5.65. The Morgan fingerprint density at radius 3 is 2.72 bits per heavy atom. The lowest BCUT2D eigenvalue weighted by Crippen LogP contribution is -2.30. The summed E-state index contributed by atoms with van der Waals surface area (Å²) in [6, 6.07) is 6.59. The molecule has 1 rings (SSSR count). The Bertz CT molecular complexity index is 389. The number of aromatic hydroxyl groups is 1.